The number of para-hydroxylation sites is 1. The number of rotatable bonds is 3. The summed E-state index contributed by atoms with van der Waals surface area (Å²) in [6, 6.07) is 8.03. The molecule has 3 heterocycles. The Balaban J connectivity index is 1.47. The Labute approximate surface area is 154 Å². The monoisotopic (exact) mass is 351 g/mol. The Morgan fingerprint density at radius 2 is 2.12 bits per heavy atom. The lowest BCUT2D eigenvalue weighted by Crippen LogP contribution is -2.33. The van der Waals surface area contributed by atoms with Crippen LogP contribution < -0.4 is 4.74 Å². The first-order chi connectivity index (χ1) is 12.6. The fourth-order valence-corrected chi connectivity index (χ4v) is 3.77. The smallest absolute Gasteiger partial charge is 0.226 e. The number of carbonyl (C=O) groups excluding carboxylic acids is 1. The van der Waals surface area contributed by atoms with E-state index in [0.717, 1.165) is 47.7 Å². The van der Waals surface area contributed by atoms with Gasteiger partial charge in [0.15, 0.2) is 0 Å². The van der Waals surface area contributed by atoms with Gasteiger partial charge in [0, 0.05) is 30.6 Å². The molecule has 4 rings (SSSR count). The molecule has 1 amide bonds. The molecule has 1 atom stereocenters. The maximum Gasteiger partial charge on any atom is 0.226 e. The number of fused-ring (bicyclic) bond motifs is 2. The normalized spacial score (nSPS) is 18.9. The van der Waals surface area contributed by atoms with Crippen LogP contribution in [0.25, 0.3) is 0 Å². The summed E-state index contributed by atoms with van der Waals surface area (Å²) in [5.41, 5.74) is 3.21. The van der Waals surface area contributed by atoms with Gasteiger partial charge in [-0.3, -0.25) is 4.79 Å². The molecule has 0 unspecified atom stereocenters. The molecule has 26 heavy (non-hydrogen) atoms. The second-order valence-electron chi connectivity index (χ2n) is 7.70. The van der Waals surface area contributed by atoms with E-state index >= 15 is 0 Å². The largest absolute Gasteiger partial charge is 0.493 e. The van der Waals surface area contributed by atoms with Gasteiger partial charge in [-0.25, -0.2) is 9.97 Å². The van der Waals surface area contributed by atoms with Crippen LogP contribution >= 0.6 is 0 Å². The van der Waals surface area contributed by atoms with Gasteiger partial charge >= 0.3 is 0 Å². The highest BCUT2D eigenvalue weighted by atomic mass is 16.5. The minimum Gasteiger partial charge on any atom is -0.493 e. The summed E-state index contributed by atoms with van der Waals surface area (Å²) in [5, 5.41) is 0. The summed E-state index contributed by atoms with van der Waals surface area (Å²) in [5.74, 6) is 2.49. The average molecular weight is 351 g/mol. The second kappa shape index (κ2) is 7.06. The average Bonchev–Trinajstić information content (AvgIpc) is 2.91. The van der Waals surface area contributed by atoms with Crippen molar-refractivity contribution in [1.82, 2.24) is 14.9 Å². The van der Waals surface area contributed by atoms with Crippen molar-refractivity contribution < 1.29 is 9.53 Å². The molecule has 0 bridgehead atoms. The highest BCUT2D eigenvalue weighted by Gasteiger charge is 2.32. The molecule has 2 aromatic rings. The molecule has 1 aromatic heterocycles. The Bertz CT molecular complexity index is 819. The van der Waals surface area contributed by atoms with E-state index in [0.29, 0.717) is 25.6 Å². The number of ether oxygens (including phenoxy) is 1. The fraction of sp³-hybridized carbons (Fsp3) is 0.476. The third kappa shape index (κ3) is 3.43. The van der Waals surface area contributed by atoms with Gasteiger partial charge in [-0.1, -0.05) is 32.0 Å². The lowest BCUT2D eigenvalue weighted by molar-refractivity contribution is -0.136. The van der Waals surface area contributed by atoms with Crippen molar-refractivity contribution in [2.75, 3.05) is 6.61 Å². The molecule has 0 spiro atoms. The molecule has 2 aliphatic heterocycles. The Morgan fingerprint density at radius 1 is 1.27 bits per heavy atom. The number of carbonyl (C=O) groups is 1. The van der Waals surface area contributed by atoms with Gasteiger partial charge in [0.05, 0.1) is 18.8 Å². The first kappa shape index (κ1) is 17.0. The van der Waals surface area contributed by atoms with Crippen LogP contribution in [0.3, 0.4) is 0 Å². The molecule has 0 N–H and O–H groups in total. The van der Waals surface area contributed by atoms with Crippen LogP contribution in [0.15, 0.2) is 30.5 Å². The number of hydrogen-bond donors (Lipinski definition) is 0. The molecular formula is C21H25N3O2. The first-order valence-electron chi connectivity index (χ1n) is 9.43. The zero-order chi connectivity index (χ0) is 18.1. The Morgan fingerprint density at radius 3 is 2.96 bits per heavy atom. The number of nitrogens with zero attached hydrogens (tertiary/aromatic N) is 3. The molecular weight excluding hydrogens is 326 g/mol. The first-order valence-corrected chi connectivity index (χ1v) is 9.43. The summed E-state index contributed by atoms with van der Waals surface area (Å²) in [6.07, 6.45) is 4.27. The number of hydrogen-bond acceptors (Lipinski definition) is 4. The molecule has 0 aliphatic carbocycles. The predicted molar refractivity (Wildman–Crippen MR) is 98.6 cm³/mol. The van der Waals surface area contributed by atoms with Crippen molar-refractivity contribution in [2.24, 2.45) is 11.8 Å². The van der Waals surface area contributed by atoms with Gasteiger partial charge in [-0.15, -0.1) is 0 Å². The summed E-state index contributed by atoms with van der Waals surface area (Å²) in [7, 11) is 0. The Kier molecular flexibility index (Phi) is 4.62. The van der Waals surface area contributed by atoms with E-state index < -0.39 is 0 Å². The van der Waals surface area contributed by atoms with Crippen LogP contribution in [0.5, 0.6) is 5.75 Å². The topological polar surface area (TPSA) is 55.3 Å². The molecule has 0 saturated heterocycles. The number of aromatic nitrogens is 2. The fourth-order valence-electron chi connectivity index (χ4n) is 3.77. The molecule has 2 aliphatic rings. The lowest BCUT2D eigenvalue weighted by Gasteiger charge is -2.21. The number of benzene rings is 1. The summed E-state index contributed by atoms with van der Waals surface area (Å²) in [4.78, 5) is 24.2. The van der Waals surface area contributed by atoms with Crippen LogP contribution in [-0.4, -0.2) is 27.4 Å². The summed E-state index contributed by atoms with van der Waals surface area (Å²) < 4.78 is 5.81. The van der Waals surface area contributed by atoms with E-state index in [1.54, 1.807) is 0 Å². The van der Waals surface area contributed by atoms with E-state index in [1.807, 2.05) is 29.3 Å². The number of amides is 1. The standard InChI is InChI=1S/C21H25N3O2/c1-14(2)9-20-22-11-17-12-24(13-18(17)23-20)21(25)16-7-8-26-19-6-4-3-5-15(19)10-16/h3-6,11,14,16H,7-10,12-13H2,1-2H3/t16-/m0/s1. The minimum absolute atomic E-state index is 0.0314. The third-order valence-corrected chi connectivity index (χ3v) is 5.12. The zero-order valence-electron chi connectivity index (χ0n) is 15.4. The van der Waals surface area contributed by atoms with E-state index in [4.69, 9.17) is 9.72 Å². The second-order valence-corrected chi connectivity index (χ2v) is 7.70. The van der Waals surface area contributed by atoms with Gasteiger partial charge in [0.25, 0.3) is 0 Å². The highest BCUT2D eigenvalue weighted by molar-refractivity contribution is 5.80. The molecule has 5 nitrogen and oxygen atoms in total. The maximum atomic E-state index is 13.1. The van der Waals surface area contributed by atoms with Crippen molar-refractivity contribution in [3.8, 4) is 5.75 Å². The van der Waals surface area contributed by atoms with Crippen molar-refractivity contribution in [3.63, 3.8) is 0 Å². The van der Waals surface area contributed by atoms with Crippen LogP contribution in [0.1, 0.15) is 42.9 Å². The molecule has 0 saturated carbocycles. The molecule has 0 fully saturated rings. The van der Waals surface area contributed by atoms with Crippen LogP contribution in [0.2, 0.25) is 0 Å². The van der Waals surface area contributed by atoms with E-state index in [-0.39, 0.29) is 11.8 Å². The van der Waals surface area contributed by atoms with E-state index in [1.165, 1.54) is 0 Å². The van der Waals surface area contributed by atoms with Gasteiger partial charge in [0.1, 0.15) is 11.6 Å². The maximum absolute atomic E-state index is 13.1. The van der Waals surface area contributed by atoms with Crippen LogP contribution in [0, 0.1) is 11.8 Å². The van der Waals surface area contributed by atoms with Crippen molar-refractivity contribution in [2.45, 2.75) is 46.2 Å². The van der Waals surface area contributed by atoms with Gasteiger partial charge in [-0.2, -0.15) is 0 Å². The van der Waals surface area contributed by atoms with E-state index in [2.05, 4.69) is 24.9 Å². The highest BCUT2D eigenvalue weighted by Crippen LogP contribution is 2.30. The SMILES string of the molecule is CC(C)Cc1ncc2c(n1)CN(C(=O)[C@H]1CCOc3ccccc3C1)C2. The predicted octanol–water partition coefficient (Wildman–Crippen LogP) is 3.16. The van der Waals surface area contributed by atoms with Gasteiger partial charge in [0.2, 0.25) is 5.91 Å². The van der Waals surface area contributed by atoms with Crippen molar-refractivity contribution in [1.29, 1.82) is 0 Å². The Hall–Kier alpha value is -2.43. The van der Waals surface area contributed by atoms with Gasteiger partial charge in [-0.05, 0) is 30.4 Å². The summed E-state index contributed by atoms with van der Waals surface area (Å²) >= 11 is 0. The van der Waals surface area contributed by atoms with Crippen LogP contribution in [-0.2, 0) is 30.7 Å². The molecule has 0 radical (unpaired) electrons. The minimum atomic E-state index is -0.0314. The van der Waals surface area contributed by atoms with Crippen LogP contribution in [0.4, 0.5) is 0 Å². The summed E-state index contributed by atoms with van der Waals surface area (Å²) in [6.45, 7) is 6.14. The van der Waals surface area contributed by atoms with E-state index in [9.17, 15) is 4.79 Å². The molecule has 1 aromatic carbocycles. The third-order valence-electron chi connectivity index (χ3n) is 5.12. The van der Waals surface area contributed by atoms with Crippen molar-refractivity contribution in [3.05, 3.63) is 53.1 Å². The van der Waals surface area contributed by atoms with Gasteiger partial charge < -0.3 is 9.64 Å². The zero-order valence-corrected chi connectivity index (χ0v) is 15.4. The quantitative estimate of drug-likeness (QED) is 0.852. The molecule has 136 valence electrons. The lowest BCUT2D eigenvalue weighted by atomic mass is 9.95. The van der Waals surface area contributed by atoms with Crippen molar-refractivity contribution >= 4 is 5.91 Å². The molecule has 5 heteroatoms.